The van der Waals surface area contributed by atoms with Crippen LogP contribution in [-0.4, -0.2) is 18.1 Å². The van der Waals surface area contributed by atoms with Crippen LogP contribution in [0.15, 0.2) is 59.5 Å². The summed E-state index contributed by atoms with van der Waals surface area (Å²) in [5.41, 5.74) is 0.576. The molecule has 0 heterocycles. The highest BCUT2D eigenvalue weighted by molar-refractivity contribution is 7.93. The Morgan fingerprint density at radius 1 is 0.955 bits per heavy atom. The summed E-state index contributed by atoms with van der Waals surface area (Å²) in [6.07, 6.45) is 1.21. The van der Waals surface area contributed by atoms with Crippen molar-refractivity contribution in [2.24, 2.45) is 0 Å². The molecule has 6 heteroatoms. The van der Waals surface area contributed by atoms with Gasteiger partial charge in [0.15, 0.2) is 9.84 Å². The minimum absolute atomic E-state index is 0.0259. The molecule has 0 atom stereocenters. The Kier molecular flexibility index (Phi) is 2.42. The highest BCUT2D eigenvalue weighted by Crippen LogP contribution is 2.83. The molecule has 0 aromatic heterocycles. The van der Waals surface area contributed by atoms with E-state index >= 15 is 0 Å². The van der Waals surface area contributed by atoms with Crippen molar-refractivity contribution < 1.29 is 13.3 Å². The molecule has 2 aliphatic rings. The molecule has 112 valence electrons. The average Bonchev–Trinajstić information content (AvgIpc) is 3.36. The molecule has 0 aliphatic heterocycles. The van der Waals surface area contributed by atoms with E-state index in [2.05, 4.69) is 0 Å². The molecule has 0 amide bonds. The smallest absolute Gasteiger partial charge is 0.258 e. The van der Waals surface area contributed by atoms with Crippen LogP contribution in [0.3, 0.4) is 0 Å². The third kappa shape index (κ3) is 1.50. The minimum atomic E-state index is -3.36. The fourth-order valence-electron chi connectivity index (χ4n) is 3.48. The third-order valence-electron chi connectivity index (χ3n) is 5.00. The normalized spacial score (nSPS) is 28.7. The number of nitro groups is 1. The van der Waals surface area contributed by atoms with Gasteiger partial charge in [-0.2, -0.15) is 0 Å². The summed E-state index contributed by atoms with van der Waals surface area (Å²) in [5.74, 6) is 0. The highest BCUT2D eigenvalue weighted by atomic mass is 32.2. The number of nitro benzene ring substituents is 1. The first-order valence-electron chi connectivity index (χ1n) is 6.98. The number of sulfone groups is 1. The molecule has 2 fully saturated rings. The topological polar surface area (TPSA) is 77.3 Å². The van der Waals surface area contributed by atoms with Gasteiger partial charge in [-0.25, -0.2) is 8.42 Å². The molecule has 2 saturated carbocycles. The van der Waals surface area contributed by atoms with Gasteiger partial charge in [-0.05, 0) is 30.5 Å². The van der Waals surface area contributed by atoms with Gasteiger partial charge in [0.1, 0.15) is 0 Å². The van der Waals surface area contributed by atoms with Crippen molar-refractivity contribution in [3.63, 3.8) is 0 Å². The van der Waals surface area contributed by atoms with Crippen LogP contribution in [0.25, 0.3) is 0 Å². The molecule has 22 heavy (non-hydrogen) atoms. The quantitative estimate of drug-likeness (QED) is 0.642. The van der Waals surface area contributed by atoms with Crippen LogP contribution in [0.2, 0.25) is 0 Å². The molecule has 2 aromatic carbocycles. The number of hydrogen-bond donors (Lipinski definition) is 0. The number of nitrogens with zero attached hydrogens (tertiary/aromatic N) is 1. The Morgan fingerprint density at radius 3 is 2.09 bits per heavy atom. The third-order valence-corrected chi connectivity index (χ3v) is 7.60. The largest absolute Gasteiger partial charge is 0.269 e. The van der Waals surface area contributed by atoms with Gasteiger partial charge in [0.25, 0.3) is 5.69 Å². The molecule has 0 bridgehead atoms. The lowest BCUT2D eigenvalue weighted by Gasteiger charge is -2.05. The van der Waals surface area contributed by atoms with Crippen LogP contribution < -0.4 is 0 Å². The van der Waals surface area contributed by atoms with Crippen molar-refractivity contribution in [1.29, 1.82) is 0 Å². The summed E-state index contributed by atoms with van der Waals surface area (Å²) in [7, 11) is -3.36. The van der Waals surface area contributed by atoms with Crippen molar-refractivity contribution in [2.45, 2.75) is 27.9 Å². The van der Waals surface area contributed by atoms with Crippen LogP contribution in [0.1, 0.15) is 18.4 Å². The molecule has 0 N–H and O–H groups in total. The van der Waals surface area contributed by atoms with E-state index in [9.17, 15) is 18.5 Å². The Morgan fingerprint density at radius 2 is 1.55 bits per heavy atom. The van der Waals surface area contributed by atoms with Gasteiger partial charge in [-0.1, -0.05) is 30.3 Å². The molecule has 0 spiro atoms. The monoisotopic (exact) mass is 315 g/mol. The van der Waals surface area contributed by atoms with Crippen LogP contribution in [-0.2, 0) is 15.3 Å². The number of fused-ring (bicyclic) bond motifs is 1. The zero-order valence-electron chi connectivity index (χ0n) is 11.6. The first kappa shape index (κ1) is 13.5. The maximum absolute atomic E-state index is 12.8. The molecular weight excluding hydrogens is 302 g/mol. The fraction of sp³-hybridized carbons (Fsp3) is 0.250. The van der Waals surface area contributed by atoms with E-state index in [0.717, 1.165) is 5.56 Å². The zero-order chi connectivity index (χ0) is 15.6. The van der Waals surface area contributed by atoms with E-state index in [-0.39, 0.29) is 11.1 Å². The molecule has 2 aliphatic carbocycles. The van der Waals surface area contributed by atoms with Crippen LogP contribution in [0, 0.1) is 10.1 Å². The first-order valence-corrected chi connectivity index (χ1v) is 8.46. The van der Waals surface area contributed by atoms with E-state index in [4.69, 9.17) is 0 Å². The summed E-state index contributed by atoms with van der Waals surface area (Å²) >= 11 is 0. The van der Waals surface area contributed by atoms with Gasteiger partial charge in [0.05, 0.1) is 14.6 Å². The molecule has 2 aromatic rings. The lowest BCUT2D eigenvalue weighted by atomic mass is 10.0. The maximum atomic E-state index is 12.8. The molecule has 4 rings (SSSR count). The summed E-state index contributed by atoms with van der Waals surface area (Å²) in [6, 6.07) is 14.8. The standard InChI is InChI=1S/C16H13NO4S/c18-17(19)13-8-6-12(7-9-13)15-10-16(15,11-15)22(20,21)14-4-2-1-3-5-14/h1-9H,10-11H2. The second-order valence-corrected chi connectivity index (χ2v) is 8.31. The molecule has 0 radical (unpaired) electrons. The lowest BCUT2D eigenvalue weighted by Crippen LogP contribution is -2.14. The first-order chi connectivity index (χ1) is 10.4. The van der Waals surface area contributed by atoms with E-state index in [1.165, 1.54) is 12.1 Å². The van der Waals surface area contributed by atoms with Crippen LogP contribution >= 0.6 is 0 Å². The van der Waals surface area contributed by atoms with Gasteiger partial charge >= 0.3 is 0 Å². The van der Waals surface area contributed by atoms with Crippen molar-refractivity contribution in [2.75, 3.05) is 0 Å². The van der Waals surface area contributed by atoms with Crippen molar-refractivity contribution in [1.82, 2.24) is 0 Å². The number of non-ortho nitro benzene ring substituents is 1. The SMILES string of the molecule is O=[N+]([O-])c1ccc(C23CC2(S(=O)(=O)c2ccccc2)C3)cc1. The summed E-state index contributed by atoms with van der Waals surface area (Å²) < 4.78 is 24.9. The molecule has 0 unspecified atom stereocenters. The Hall–Kier alpha value is -2.21. The second-order valence-electron chi connectivity index (χ2n) is 6.05. The van der Waals surface area contributed by atoms with E-state index < -0.39 is 19.5 Å². The lowest BCUT2D eigenvalue weighted by molar-refractivity contribution is -0.384. The van der Waals surface area contributed by atoms with Gasteiger partial charge in [-0.15, -0.1) is 0 Å². The fourth-order valence-corrected chi connectivity index (χ4v) is 5.95. The Balaban J connectivity index is 1.68. The van der Waals surface area contributed by atoms with Gasteiger partial charge < -0.3 is 0 Å². The van der Waals surface area contributed by atoms with E-state index in [1.54, 1.807) is 42.5 Å². The average molecular weight is 315 g/mol. The predicted octanol–water partition coefficient (Wildman–Crippen LogP) is 2.85. The Labute approximate surface area is 127 Å². The van der Waals surface area contributed by atoms with Crippen LogP contribution in [0.5, 0.6) is 0 Å². The summed E-state index contributed by atoms with van der Waals surface area (Å²) in [6.45, 7) is 0. The summed E-state index contributed by atoms with van der Waals surface area (Å²) in [5, 5.41) is 10.7. The molecular formula is C16H13NO4S. The van der Waals surface area contributed by atoms with Gasteiger partial charge in [0, 0.05) is 17.5 Å². The summed E-state index contributed by atoms with van der Waals surface area (Å²) in [4.78, 5) is 10.6. The van der Waals surface area contributed by atoms with Crippen LogP contribution in [0.4, 0.5) is 5.69 Å². The van der Waals surface area contributed by atoms with Crippen molar-refractivity contribution >= 4 is 15.5 Å². The van der Waals surface area contributed by atoms with Crippen molar-refractivity contribution in [3.8, 4) is 0 Å². The van der Waals surface area contributed by atoms with Gasteiger partial charge in [0.2, 0.25) is 0 Å². The van der Waals surface area contributed by atoms with Gasteiger partial charge in [-0.3, -0.25) is 10.1 Å². The zero-order valence-corrected chi connectivity index (χ0v) is 12.4. The maximum Gasteiger partial charge on any atom is 0.269 e. The molecule has 0 saturated heterocycles. The number of hydrogen-bond acceptors (Lipinski definition) is 4. The van der Waals surface area contributed by atoms with E-state index in [0.29, 0.717) is 17.7 Å². The second kappa shape index (κ2) is 3.95. The highest BCUT2D eigenvalue weighted by Gasteiger charge is 2.90. The predicted molar refractivity (Wildman–Crippen MR) is 80.4 cm³/mol. The Bertz CT molecular complexity index is 866. The minimum Gasteiger partial charge on any atom is -0.258 e. The number of rotatable bonds is 4. The van der Waals surface area contributed by atoms with E-state index in [1.807, 2.05) is 0 Å². The molecule has 5 nitrogen and oxygen atoms in total. The van der Waals surface area contributed by atoms with Crippen molar-refractivity contribution in [3.05, 3.63) is 70.3 Å². The number of benzene rings is 2.